The number of thiophene rings is 1. The molecule has 4 aromatic rings. The fourth-order valence-electron chi connectivity index (χ4n) is 2.53. The van der Waals surface area contributed by atoms with E-state index in [1.165, 1.54) is 16.9 Å². The van der Waals surface area contributed by atoms with Crippen molar-refractivity contribution in [2.24, 2.45) is 0 Å². The number of imidazole rings is 1. The second kappa shape index (κ2) is 5.47. The highest BCUT2D eigenvalue weighted by Gasteiger charge is 2.15. The molecule has 0 saturated heterocycles. The molecule has 1 aromatic carbocycles. The van der Waals surface area contributed by atoms with Crippen molar-refractivity contribution in [2.45, 2.75) is 19.8 Å². The topological polar surface area (TPSA) is 46.4 Å². The minimum absolute atomic E-state index is 0.0853. The molecule has 0 fully saturated rings. The van der Waals surface area contributed by atoms with Gasteiger partial charge in [0.25, 0.3) is 5.91 Å². The quantitative estimate of drug-likeness (QED) is 0.571. The third-order valence-electron chi connectivity index (χ3n) is 3.77. The van der Waals surface area contributed by atoms with Gasteiger partial charge in [0.05, 0.1) is 10.4 Å². The van der Waals surface area contributed by atoms with Gasteiger partial charge in [-0.15, -0.1) is 22.7 Å². The number of fused-ring (bicyclic) bond motifs is 3. The summed E-state index contributed by atoms with van der Waals surface area (Å²) in [5.74, 6) is 0.350. The lowest BCUT2D eigenvalue weighted by Crippen LogP contribution is -2.10. The third kappa shape index (κ3) is 2.54. The first-order valence-electron chi connectivity index (χ1n) is 7.38. The van der Waals surface area contributed by atoms with Gasteiger partial charge in [0.15, 0.2) is 4.96 Å². The number of rotatable bonds is 3. The highest BCUT2D eigenvalue weighted by atomic mass is 32.1. The van der Waals surface area contributed by atoms with Crippen LogP contribution in [0.15, 0.2) is 41.9 Å². The van der Waals surface area contributed by atoms with Gasteiger partial charge >= 0.3 is 0 Å². The summed E-state index contributed by atoms with van der Waals surface area (Å²) in [5.41, 5.74) is 3.04. The van der Waals surface area contributed by atoms with Crippen molar-refractivity contribution in [3.8, 4) is 0 Å². The zero-order valence-electron chi connectivity index (χ0n) is 12.7. The molecule has 0 aliphatic rings. The predicted octanol–water partition coefficient (Wildman–Crippen LogP) is 4.99. The van der Waals surface area contributed by atoms with Crippen LogP contribution in [0.3, 0.4) is 0 Å². The van der Waals surface area contributed by atoms with Gasteiger partial charge in [-0.1, -0.05) is 26.0 Å². The van der Waals surface area contributed by atoms with Crippen molar-refractivity contribution < 1.29 is 4.79 Å². The Morgan fingerprint density at radius 3 is 3.00 bits per heavy atom. The average Bonchev–Trinajstić information content (AvgIpc) is 3.18. The van der Waals surface area contributed by atoms with Crippen LogP contribution in [0.25, 0.3) is 15.3 Å². The van der Waals surface area contributed by atoms with Crippen LogP contribution in [0.4, 0.5) is 5.69 Å². The van der Waals surface area contributed by atoms with Gasteiger partial charge in [-0.3, -0.25) is 9.20 Å². The zero-order chi connectivity index (χ0) is 16.0. The van der Waals surface area contributed by atoms with Crippen LogP contribution in [-0.2, 0) is 0 Å². The van der Waals surface area contributed by atoms with Crippen molar-refractivity contribution >= 4 is 49.6 Å². The van der Waals surface area contributed by atoms with Crippen molar-refractivity contribution in [1.82, 2.24) is 9.38 Å². The van der Waals surface area contributed by atoms with E-state index >= 15 is 0 Å². The number of thiazole rings is 1. The Hall–Kier alpha value is -2.18. The average molecular weight is 341 g/mol. The number of anilines is 1. The molecular formula is C17H15N3OS2. The summed E-state index contributed by atoms with van der Waals surface area (Å²) in [5, 5.41) is 4.98. The smallest absolute Gasteiger partial charge is 0.265 e. The fraction of sp³-hybridized carbons (Fsp3) is 0.176. The summed E-state index contributed by atoms with van der Waals surface area (Å²) >= 11 is 3.02. The van der Waals surface area contributed by atoms with E-state index in [1.807, 2.05) is 40.2 Å². The van der Waals surface area contributed by atoms with Crippen molar-refractivity contribution in [3.63, 3.8) is 0 Å². The highest BCUT2D eigenvalue weighted by molar-refractivity contribution is 7.21. The Morgan fingerprint density at radius 2 is 2.17 bits per heavy atom. The molecule has 0 spiro atoms. The van der Waals surface area contributed by atoms with E-state index in [1.54, 1.807) is 11.3 Å². The molecule has 0 bridgehead atoms. The summed E-state index contributed by atoms with van der Waals surface area (Å²) in [4.78, 5) is 19.6. The summed E-state index contributed by atoms with van der Waals surface area (Å²) in [6.07, 6.45) is 1.98. The van der Waals surface area contributed by atoms with E-state index in [-0.39, 0.29) is 5.91 Å². The first-order valence-corrected chi connectivity index (χ1v) is 9.08. The molecule has 0 saturated carbocycles. The minimum Gasteiger partial charge on any atom is -0.321 e. The molecule has 3 heterocycles. The summed E-state index contributed by atoms with van der Waals surface area (Å²) in [6, 6.07) is 9.91. The molecule has 1 amide bonds. The molecule has 23 heavy (non-hydrogen) atoms. The number of benzene rings is 1. The third-order valence-corrected chi connectivity index (χ3v) is 5.55. The Balaban J connectivity index is 1.63. The van der Waals surface area contributed by atoms with Gasteiger partial charge in [0, 0.05) is 17.3 Å². The summed E-state index contributed by atoms with van der Waals surface area (Å²) in [6.45, 7) is 4.28. The number of nitrogens with zero attached hydrogens (tertiary/aromatic N) is 2. The molecule has 0 atom stereocenters. The van der Waals surface area contributed by atoms with Crippen LogP contribution >= 0.6 is 22.7 Å². The SMILES string of the molecule is CC(C)c1cccc(NC(=O)c2cc3c(nc4sccn43)s2)c1. The first kappa shape index (κ1) is 14.4. The minimum atomic E-state index is -0.0853. The van der Waals surface area contributed by atoms with Gasteiger partial charge in [-0.05, 0) is 29.7 Å². The second-order valence-electron chi connectivity index (χ2n) is 5.70. The van der Waals surface area contributed by atoms with Gasteiger partial charge in [-0.25, -0.2) is 4.98 Å². The van der Waals surface area contributed by atoms with Gasteiger partial charge in [0.1, 0.15) is 4.83 Å². The Morgan fingerprint density at radius 1 is 1.30 bits per heavy atom. The summed E-state index contributed by atoms with van der Waals surface area (Å²) < 4.78 is 2.02. The normalized spacial score (nSPS) is 11.6. The Labute approximate surface area is 141 Å². The molecule has 0 aliphatic heterocycles. The predicted molar refractivity (Wildman–Crippen MR) is 96.9 cm³/mol. The molecule has 1 N–H and O–H groups in total. The number of nitrogens with one attached hydrogen (secondary N) is 1. The molecule has 4 rings (SSSR count). The van der Waals surface area contributed by atoms with Crippen LogP contribution in [-0.4, -0.2) is 15.3 Å². The number of carbonyl (C=O) groups excluding carboxylic acids is 1. The number of amides is 1. The standard InChI is InChI=1S/C17H15N3OS2/c1-10(2)11-4-3-5-12(8-11)18-15(21)14-9-13-16(23-14)19-17-20(13)6-7-22-17/h3-10H,1-2H3,(H,18,21). The van der Waals surface area contributed by atoms with Crippen LogP contribution in [0.1, 0.15) is 35.0 Å². The van der Waals surface area contributed by atoms with Crippen molar-refractivity contribution in [3.05, 3.63) is 52.3 Å². The monoisotopic (exact) mass is 341 g/mol. The number of carbonyl (C=O) groups is 1. The maximum atomic E-state index is 12.5. The van der Waals surface area contributed by atoms with E-state index in [2.05, 4.69) is 30.2 Å². The fourth-order valence-corrected chi connectivity index (χ4v) is 4.22. The molecule has 0 radical (unpaired) electrons. The molecule has 6 heteroatoms. The number of aromatic nitrogens is 2. The molecule has 0 aliphatic carbocycles. The van der Waals surface area contributed by atoms with E-state index < -0.39 is 0 Å². The molecule has 4 nitrogen and oxygen atoms in total. The maximum Gasteiger partial charge on any atom is 0.265 e. The first-order chi connectivity index (χ1) is 11.1. The number of hydrogen-bond acceptors (Lipinski definition) is 4. The largest absolute Gasteiger partial charge is 0.321 e. The van der Waals surface area contributed by atoms with Crippen molar-refractivity contribution in [1.29, 1.82) is 0 Å². The lowest BCUT2D eigenvalue weighted by Gasteiger charge is -2.08. The van der Waals surface area contributed by atoms with Crippen LogP contribution in [0.2, 0.25) is 0 Å². The van der Waals surface area contributed by atoms with Crippen LogP contribution in [0.5, 0.6) is 0 Å². The Kier molecular flexibility index (Phi) is 3.43. The molecule has 0 unspecified atom stereocenters. The highest BCUT2D eigenvalue weighted by Crippen LogP contribution is 2.29. The Bertz CT molecular complexity index is 1010. The molecule has 116 valence electrons. The second-order valence-corrected chi connectivity index (χ2v) is 7.61. The zero-order valence-corrected chi connectivity index (χ0v) is 14.4. The van der Waals surface area contributed by atoms with E-state index in [9.17, 15) is 4.79 Å². The van der Waals surface area contributed by atoms with Gasteiger partial charge in [0.2, 0.25) is 0 Å². The van der Waals surface area contributed by atoms with Gasteiger partial charge < -0.3 is 5.32 Å². The number of hydrogen-bond donors (Lipinski definition) is 1. The lowest BCUT2D eigenvalue weighted by atomic mass is 10.0. The van der Waals surface area contributed by atoms with E-state index in [0.29, 0.717) is 10.8 Å². The summed E-state index contributed by atoms with van der Waals surface area (Å²) in [7, 11) is 0. The van der Waals surface area contributed by atoms with Crippen LogP contribution < -0.4 is 5.32 Å². The van der Waals surface area contributed by atoms with Crippen molar-refractivity contribution in [2.75, 3.05) is 5.32 Å². The van der Waals surface area contributed by atoms with Gasteiger partial charge in [-0.2, -0.15) is 0 Å². The lowest BCUT2D eigenvalue weighted by molar-refractivity contribution is 0.103. The molecule has 3 aromatic heterocycles. The van der Waals surface area contributed by atoms with E-state index in [4.69, 9.17) is 0 Å². The maximum absolute atomic E-state index is 12.5. The van der Waals surface area contributed by atoms with E-state index in [0.717, 1.165) is 21.0 Å². The molecular weight excluding hydrogens is 326 g/mol. The van der Waals surface area contributed by atoms with Crippen LogP contribution in [0, 0.1) is 0 Å².